The van der Waals surface area contributed by atoms with Gasteiger partial charge < -0.3 is 0 Å². The Kier molecular flexibility index (Phi) is 8.15. The van der Waals surface area contributed by atoms with Crippen LogP contribution in [-0.4, -0.2) is 5.88 Å². The van der Waals surface area contributed by atoms with Gasteiger partial charge in [-0.2, -0.15) is 0 Å². The molecule has 0 amide bonds. The van der Waals surface area contributed by atoms with E-state index >= 15 is 0 Å². The predicted octanol–water partition coefficient (Wildman–Crippen LogP) is 4.00. The van der Waals surface area contributed by atoms with Crippen LogP contribution in [0.5, 0.6) is 0 Å². The number of allylic oxidation sites excluding steroid dienone is 1. The fourth-order valence-electron chi connectivity index (χ4n) is 1.18. The molecule has 11 heavy (non-hydrogen) atoms. The van der Waals surface area contributed by atoms with Crippen molar-refractivity contribution >= 4 is 11.6 Å². The molecule has 0 saturated carbocycles. The summed E-state index contributed by atoms with van der Waals surface area (Å²) in [5.41, 5.74) is 0. The molecule has 0 aliphatic carbocycles. The molecule has 1 unspecified atom stereocenters. The Hall–Kier alpha value is 0.0300. The van der Waals surface area contributed by atoms with Gasteiger partial charge in [0.05, 0.1) is 0 Å². The summed E-state index contributed by atoms with van der Waals surface area (Å²) in [6.45, 7) is 5.94. The molecular weight excluding hydrogens is 156 g/mol. The van der Waals surface area contributed by atoms with Crippen LogP contribution in [0, 0.1) is 5.92 Å². The maximum absolute atomic E-state index is 5.78. The zero-order valence-electron chi connectivity index (χ0n) is 7.48. The number of alkyl halides is 1. The first-order valence-corrected chi connectivity index (χ1v) is 5.05. The second-order valence-corrected chi connectivity index (χ2v) is 3.35. The Balaban J connectivity index is 3.27. The van der Waals surface area contributed by atoms with Gasteiger partial charge in [0.25, 0.3) is 0 Å². The zero-order chi connectivity index (χ0) is 8.53. The summed E-state index contributed by atoms with van der Waals surface area (Å²) in [6.07, 6.45) is 8.27. The van der Waals surface area contributed by atoms with Gasteiger partial charge in [-0.25, -0.2) is 0 Å². The highest BCUT2D eigenvalue weighted by molar-refractivity contribution is 6.18. The molecule has 0 aromatic heterocycles. The van der Waals surface area contributed by atoms with E-state index in [2.05, 4.69) is 13.5 Å². The molecule has 66 valence electrons. The van der Waals surface area contributed by atoms with Crippen molar-refractivity contribution in [2.24, 2.45) is 5.92 Å². The minimum absolute atomic E-state index is 0.667. The smallest absolute Gasteiger partial charge is 0.0254 e. The minimum atomic E-state index is 0.667. The minimum Gasteiger partial charge on any atom is -0.126 e. The van der Waals surface area contributed by atoms with E-state index in [4.69, 9.17) is 11.6 Å². The number of hydrogen-bond acceptors (Lipinski definition) is 0. The summed E-state index contributed by atoms with van der Waals surface area (Å²) in [7, 11) is 0. The van der Waals surface area contributed by atoms with E-state index < -0.39 is 0 Å². The number of hydrogen-bond donors (Lipinski definition) is 0. The van der Waals surface area contributed by atoms with Crippen LogP contribution in [0.25, 0.3) is 0 Å². The lowest BCUT2D eigenvalue weighted by Gasteiger charge is -2.09. The summed E-state index contributed by atoms with van der Waals surface area (Å²) in [5.74, 6) is 1.45. The molecule has 0 N–H and O–H groups in total. The van der Waals surface area contributed by atoms with Crippen LogP contribution in [0.3, 0.4) is 0 Å². The van der Waals surface area contributed by atoms with Crippen molar-refractivity contribution in [3.8, 4) is 0 Å². The maximum Gasteiger partial charge on any atom is 0.0254 e. The molecular formula is C10H19Cl. The molecule has 0 fully saturated rings. The standard InChI is InChI=1S/C10H19Cl/c1-3-5-6-8-10(9-11)7-4-2/h4,10H,2-3,5-9H2,1H3. The highest BCUT2D eigenvalue weighted by atomic mass is 35.5. The topological polar surface area (TPSA) is 0 Å². The highest BCUT2D eigenvalue weighted by Gasteiger charge is 2.03. The third-order valence-corrected chi connectivity index (χ3v) is 2.37. The van der Waals surface area contributed by atoms with E-state index in [1.165, 1.54) is 25.7 Å². The van der Waals surface area contributed by atoms with E-state index in [1.54, 1.807) is 0 Å². The van der Waals surface area contributed by atoms with Gasteiger partial charge in [-0.05, 0) is 18.8 Å². The van der Waals surface area contributed by atoms with Gasteiger partial charge in [-0.1, -0.05) is 32.3 Å². The van der Waals surface area contributed by atoms with E-state index in [9.17, 15) is 0 Å². The van der Waals surface area contributed by atoms with Crippen LogP contribution in [0.2, 0.25) is 0 Å². The first-order valence-electron chi connectivity index (χ1n) is 4.52. The largest absolute Gasteiger partial charge is 0.126 e. The number of rotatable bonds is 7. The molecule has 0 heterocycles. The molecule has 0 rings (SSSR count). The van der Waals surface area contributed by atoms with Crippen molar-refractivity contribution in [2.75, 3.05) is 5.88 Å². The lowest BCUT2D eigenvalue weighted by molar-refractivity contribution is 0.506. The van der Waals surface area contributed by atoms with Crippen LogP contribution in [0.1, 0.15) is 39.0 Å². The van der Waals surface area contributed by atoms with E-state index in [-0.39, 0.29) is 0 Å². The van der Waals surface area contributed by atoms with Crippen LogP contribution in [0.4, 0.5) is 0 Å². The Bertz CT molecular complexity index is 88.9. The van der Waals surface area contributed by atoms with Crippen molar-refractivity contribution in [3.05, 3.63) is 12.7 Å². The van der Waals surface area contributed by atoms with Gasteiger partial charge in [0.15, 0.2) is 0 Å². The number of unbranched alkanes of at least 4 members (excludes halogenated alkanes) is 2. The van der Waals surface area contributed by atoms with E-state index in [1.807, 2.05) is 6.08 Å². The van der Waals surface area contributed by atoms with Crippen molar-refractivity contribution in [1.29, 1.82) is 0 Å². The predicted molar refractivity (Wildman–Crippen MR) is 53.2 cm³/mol. The average Bonchev–Trinajstić information content (AvgIpc) is 2.03. The van der Waals surface area contributed by atoms with Crippen LogP contribution in [-0.2, 0) is 0 Å². The molecule has 0 radical (unpaired) electrons. The summed E-state index contributed by atoms with van der Waals surface area (Å²) in [5, 5.41) is 0. The fraction of sp³-hybridized carbons (Fsp3) is 0.800. The second-order valence-electron chi connectivity index (χ2n) is 3.04. The molecule has 0 aliphatic heterocycles. The van der Waals surface area contributed by atoms with Crippen molar-refractivity contribution in [2.45, 2.75) is 39.0 Å². The first-order chi connectivity index (χ1) is 5.35. The van der Waals surface area contributed by atoms with E-state index in [0.29, 0.717) is 5.92 Å². The lowest BCUT2D eigenvalue weighted by atomic mass is 10.00. The Morgan fingerprint density at radius 2 is 2.18 bits per heavy atom. The van der Waals surface area contributed by atoms with Gasteiger partial charge in [0.2, 0.25) is 0 Å². The molecule has 0 nitrogen and oxygen atoms in total. The van der Waals surface area contributed by atoms with Crippen LogP contribution >= 0.6 is 11.6 Å². The summed E-state index contributed by atoms with van der Waals surface area (Å²) in [6, 6.07) is 0. The monoisotopic (exact) mass is 174 g/mol. The summed E-state index contributed by atoms with van der Waals surface area (Å²) < 4.78 is 0. The SMILES string of the molecule is C=CCC(CCl)CCCCC. The summed E-state index contributed by atoms with van der Waals surface area (Å²) >= 11 is 5.78. The van der Waals surface area contributed by atoms with Gasteiger partial charge in [0, 0.05) is 5.88 Å². The summed E-state index contributed by atoms with van der Waals surface area (Å²) in [4.78, 5) is 0. The lowest BCUT2D eigenvalue weighted by Crippen LogP contribution is -2.00. The molecule has 0 bridgehead atoms. The average molecular weight is 175 g/mol. The molecule has 0 aliphatic rings. The van der Waals surface area contributed by atoms with Crippen LogP contribution < -0.4 is 0 Å². The van der Waals surface area contributed by atoms with Crippen molar-refractivity contribution in [1.82, 2.24) is 0 Å². The molecule has 0 saturated heterocycles. The highest BCUT2D eigenvalue weighted by Crippen LogP contribution is 2.15. The quantitative estimate of drug-likeness (QED) is 0.311. The molecule has 0 aromatic rings. The molecule has 1 heteroatoms. The van der Waals surface area contributed by atoms with Gasteiger partial charge in [0.1, 0.15) is 0 Å². The van der Waals surface area contributed by atoms with Gasteiger partial charge in [-0.3, -0.25) is 0 Å². The fourth-order valence-corrected chi connectivity index (χ4v) is 1.46. The third kappa shape index (κ3) is 6.43. The Morgan fingerprint density at radius 3 is 2.64 bits per heavy atom. The third-order valence-electron chi connectivity index (χ3n) is 1.93. The normalized spacial score (nSPS) is 12.9. The Morgan fingerprint density at radius 1 is 1.45 bits per heavy atom. The van der Waals surface area contributed by atoms with E-state index in [0.717, 1.165) is 12.3 Å². The van der Waals surface area contributed by atoms with Crippen LogP contribution in [0.15, 0.2) is 12.7 Å². The molecule has 0 aromatic carbocycles. The van der Waals surface area contributed by atoms with Crippen molar-refractivity contribution < 1.29 is 0 Å². The number of halogens is 1. The van der Waals surface area contributed by atoms with Gasteiger partial charge >= 0.3 is 0 Å². The second kappa shape index (κ2) is 8.13. The molecule has 1 atom stereocenters. The Labute approximate surface area is 75.6 Å². The van der Waals surface area contributed by atoms with Crippen molar-refractivity contribution in [3.63, 3.8) is 0 Å². The first kappa shape index (κ1) is 11.0. The zero-order valence-corrected chi connectivity index (χ0v) is 8.24. The maximum atomic E-state index is 5.78. The molecule has 0 spiro atoms. The van der Waals surface area contributed by atoms with Gasteiger partial charge in [-0.15, -0.1) is 18.2 Å².